The number of amides is 1. The van der Waals surface area contributed by atoms with Gasteiger partial charge in [-0.15, -0.1) is 0 Å². The van der Waals surface area contributed by atoms with Gasteiger partial charge in [0.1, 0.15) is 11.5 Å². The van der Waals surface area contributed by atoms with Crippen molar-refractivity contribution in [2.75, 3.05) is 0 Å². The average molecular weight is 284 g/mol. The molecule has 110 valence electrons. The average Bonchev–Trinajstić information content (AvgIpc) is 3.06. The van der Waals surface area contributed by atoms with E-state index in [2.05, 4.69) is 21.4 Å². The molecule has 3 rings (SSSR count). The topological polar surface area (TPSA) is 83.8 Å². The van der Waals surface area contributed by atoms with Crippen molar-refractivity contribution in [2.24, 2.45) is 5.73 Å². The van der Waals surface area contributed by atoms with Crippen LogP contribution in [0, 0.1) is 0 Å². The Balaban J connectivity index is 1.71. The van der Waals surface area contributed by atoms with E-state index in [0.717, 1.165) is 17.8 Å². The zero-order valence-corrected chi connectivity index (χ0v) is 12.3. The number of fused-ring (bicyclic) bond motifs is 1. The first-order chi connectivity index (χ1) is 10.1. The molecule has 21 heavy (non-hydrogen) atoms. The monoisotopic (exact) mass is 284 g/mol. The number of aromatic amines is 1. The lowest BCUT2D eigenvalue weighted by molar-refractivity contribution is 0.0928. The smallest absolute Gasteiger partial charge is 0.269 e. The van der Waals surface area contributed by atoms with E-state index in [1.807, 2.05) is 32.0 Å². The third-order valence-corrected chi connectivity index (χ3v) is 3.99. The van der Waals surface area contributed by atoms with E-state index in [9.17, 15) is 4.79 Å². The predicted octanol–water partition coefficient (Wildman–Crippen LogP) is 1.89. The van der Waals surface area contributed by atoms with Crippen molar-refractivity contribution >= 4 is 5.91 Å². The fraction of sp³-hybridized carbons (Fsp3) is 0.375. The van der Waals surface area contributed by atoms with E-state index in [4.69, 9.17) is 5.73 Å². The van der Waals surface area contributed by atoms with Gasteiger partial charge in [-0.05, 0) is 17.5 Å². The molecule has 0 saturated carbocycles. The summed E-state index contributed by atoms with van der Waals surface area (Å²) in [5, 5.41) is 3.01. The number of hydrogen-bond donors (Lipinski definition) is 3. The van der Waals surface area contributed by atoms with Gasteiger partial charge in [0.15, 0.2) is 0 Å². The summed E-state index contributed by atoms with van der Waals surface area (Å²) in [5.74, 6) is 0.936. The molecule has 0 bridgehead atoms. The number of benzene rings is 1. The van der Waals surface area contributed by atoms with E-state index < -0.39 is 0 Å². The maximum atomic E-state index is 12.3. The summed E-state index contributed by atoms with van der Waals surface area (Å²) in [7, 11) is 0. The fourth-order valence-electron chi connectivity index (χ4n) is 2.76. The molecule has 1 aromatic carbocycles. The molecule has 0 spiro atoms. The van der Waals surface area contributed by atoms with E-state index in [1.54, 1.807) is 6.20 Å². The number of carbonyl (C=O) groups is 1. The molecule has 5 heteroatoms. The zero-order chi connectivity index (χ0) is 15.0. The van der Waals surface area contributed by atoms with E-state index in [0.29, 0.717) is 5.69 Å². The lowest BCUT2D eigenvalue weighted by Crippen LogP contribution is -2.40. The van der Waals surface area contributed by atoms with Crippen molar-refractivity contribution in [3.63, 3.8) is 0 Å². The van der Waals surface area contributed by atoms with Crippen LogP contribution in [0.1, 0.15) is 53.2 Å². The summed E-state index contributed by atoms with van der Waals surface area (Å²) in [6.07, 6.45) is 2.35. The second kappa shape index (κ2) is 5.33. The molecule has 0 fully saturated rings. The Bertz CT molecular complexity index is 662. The third-order valence-electron chi connectivity index (χ3n) is 3.99. The standard InChI is InChI=1S/C16H20N4O/c1-9(2)15-18-8-13(19-15)16(21)20-12-7-10-5-3-4-6-11(10)14(12)17/h3-6,8-9,12,14H,7,17H2,1-2H3,(H,18,19)(H,20,21)/t12-,14-/m1/s1. The molecule has 1 aromatic heterocycles. The Hall–Kier alpha value is -2.14. The van der Waals surface area contributed by atoms with Crippen LogP contribution in [0.4, 0.5) is 0 Å². The molecule has 0 unspecified atom stereocenters. The second-order valence-electron chi connectivity index (χ2n) is 5.85. The third kappa shape index (κ3) is 2.56. The number of imidazole rings is 1. The van der Waals surface area contributed by atoms with Crippen LogP contribution in [0.3, 0.4) is 0 Å². The van der Waals surface area contributed by atoms with Crippen LogP contribution in [0.5, 0.6) is 0 Å². The first-order valence-corrected chi connectivity index (χ1v) is 7.25. The zero-order valence-electron chi connectivity index (χ0n) is 12.3. The Labute approximate surface area is 124 Å². The Morgan fingerprint density at radius 1 is 1.43 bits per heavy atom. The van der Waals surface area contributed by atoms with Crippen molar-refractivity contribution in [1.29, 1.82) is 0 Å². The maximum absolute atomic E-state index is 12.3. The van der Waals surface area contributed by atoms with Crippen LogP contribution in [0.15, 0.2) is 30.5 Å². The number of hydrogen-bond acceptors (Lipinski definition) is 3. The summed E-state index contributed by atoms with van der Waals surface area (Å²) >= 11 is 0. The van der Waals surface area contributed by atoms with Crippen LogP contribution in [0.25, 0.3) is 0 Å². The van der Waals surface area contributed by atoms with Crippen molar-refractivity contribution in [2.45, 2.75) is 38.3 Å². The number of aromatic nitrogens is 2. The minimum absolute atomic E-state index is 0.0688. The molecule has 2 aromatic rings. The summed E-state index contributed by atoms with van der Waals surface area (Å²) < 4.78 is 0. The van der Waals surface area contributed by atoms with Gasteiger partial charge in [-0.25, -0.2) is 4.98 Å². The number of nitrogens with two attached hydrogens (primary N) is 1. The molecule has 5 nitrogen and oxygen atoms in total. The molecule has 1 amide bonds. The molecule has 2 atom stereocenters. The number of rotatable bonds is 3. The summed E-state index contributed by atoms with van der Waals surface area (Å²) in [6, 6.07) is 7.85. The Morgan fingerprint density at radius 2 is 2.19 bits per heavy atom. The molecule has 1 aliphatic carbocycles. The number of H-pyrrole nitrogens is 1. The highest BCUT2D eigenvalue weighted by Gasteiger charge is 2.30. The van der Waals surface area contributed by atoms with Gasteiger partial charge < -0.3 is 16.0 Å². The van der Waals surface area contributed by atoms with Crippen LogP contribution in [0.2, 0.25) is 0 Å². The van der Waals surface area contributed by atoms with Gasteiger partial charge in [-0.2, -0.15) is 0 Å². The lowest BCUT2D eigenvalue weighted by atomic mass is 10.1. The van der Waals surface area contributed by atoms with E-state index in [1.165, 1.54) is 5.56 Å². The van der Waals surface area contributed by atoms with Gasteiger partial charge in [0.05, 0.1) is 18.3 Å². The lowest BCUT2D eigenvalue weighted by Gasteiger charge is -2.17. The van der Waals surface area contributed by atoms with Crippen molar-refractivity contribution < 1.29 is 4.79 Å². The van der Waals surface area contributed by atoms with Gasteiger partial charge in [-0.1, -0.05) is 38.1 Å². The van der Waals surface area contributed by atoms with Crippen LogP contribution in [-0.2, 0) is 6.42 Å². The van der Waals surface area contributed by atoms with Gasteiger partial charge >= 0.3 is 0 Å². The molecule has 0 aliphatic heterocycles. The minimum Gasteiger partial charge on any atom is -0.346 e. The van der Waals surface area contributed by atoms with Crippen LogP contribution in [-0.4, -0.2) is 21.9 Å². The van der Waals surface area contributed by atoms with Crippen LogP contribution >= 0.6 is 0 Å². The van der Waals surface area contributed by atoms with Gasteiger partial charge in [0.25, 0.3) is 5.91 Å². The molecular formula is C16H20N4O. The number of nitrogens with zero attached hydrogens (tertiary/aromatic N) is 1. The molecule has 0 radical (unpaired) electrons. The molecule has 0 saturated heterocycles. The van der Waals surface area contributed by atoms with Gasteiger partial charge in [0, 0.05) is 5.92 Å². The molecule has 4 N–H and O–H groups in total. The molecule has 1 aliphatic rings. The number of nitrogens with one attached hydrogen (secondary N) is 2. The summed E-state index contributed by atoms with van der Waals surface area (Å²) in [5.41, 5.74) is 9.05. The Morgan fingerprint density at radius 3 is 2.86 bits per heavy atom. The predicted molar refractivity (Wildman–Crippen MR) is 81.0 cm³/mol. The van der Waals surface area contributed by atoms with Crippen molar-refractivity contribution in [3.8, 4) is 0 Å². The van der Waals surface area contributed by atoms with E-state index in [-0.39, 0.29) is 23.9 Å². The normalized spacial score (nSPS) is 20.6. The minimum atomic E-state index is -0.155. The van der Waals surface area contributed by atoms with Gasteiger partial charge in [-0.3, -0.25) is 4.79 Å². The van der Waals surface area contributed by atoms with Crippen molar-refractivity contribution in [3.05, 3.63) is 53.1 Å². The van der Waals surface area contributed by atoms with E-state index >= 15 is 0 Å². The summed E-state index contributed by atoms with van der Waals surface area (Å²) in [4.78, 5) is 19.6. The van der Waals surface area contributed by atoms with Gasteiger partial charge in [0.2, 0.25) is 0 Å². The highest BCUT2D eigenvalue weighted by molar-refractivity contribution is 5.92. The number of carbonyl (C=O) groups excluding carboxylic acids is 1. The summed E-state index contributed by atoms with van der Waals surface area (Å²) in [6.45, 7) is 4.06. The maximum Gasteiger partial charge on any atom is 0.269 e. The molecule has 1 heterocycles. The van der Waals surface area contributed by atoms with Crippen LogP contribution < -0.4 is 11.1 Å². The first kappa shape index (κ1) is 13.8. The largest absolute Gasteiger partial charge is 0.346 e. The Kier molecular flexibility index (Phi) is 3.51. The second-order valence-corrected chi connectivity index (χ2v) is 5.85. The van der Waals surface area contributed by atoms with Crippen molar-refractivity contribution in [1.82, 2.24) is 15.3 Å². The first-order valence-electron chi connectivity index (χ1n) is 7.25. The quantitative estimate of drug-likeness (QED) is 0.804. The fourth-order valence-corrected chi connectivity index (χ4v) is 2.76. The highest BCUT2D eigenvalue weighted by Crippen LogP contribution is 2.29. The molecular weight excluding hydrogens is 264 g/mol. The highest BCUT2D eigenvalue weighted by atomic mass is 16.2. The SMILES string of the molecule is CC(C)c1ncc(C(=O)N[C@@H]2Cc3ccccc3[C@H]2N)[nH]1.